The Morgan fingerprint density at radius 1 is 0.500 bits per heavy atom. The third-order valence-electron chi connectivity index (χ3n) is 15.6. The molecule has 4 aliphatic rings. The molecule has 2 aliphatic carbocycles. The van der Waals surface area contributed by atoms with E-state index in [1.807, 2.05) is 24.3 Å². The summed E-state index contributed by atoms with van der Waals surface area (Å²) >= 11 is 12.8. The first-order valence-corrected chi connectivity index (χ1v) is 33.4. The number of Topliss-reactive ketones (excluding diaryl/α,β-unsaturated/α-hetero) is 1. The summed E-state index contributed by atoms with van der Waals surface area (Å²) in [7, 11) is -7.26. The van der Waals surface area contributed by atoms with Crippen molar-refractivity contribution in [1.82, 2.24) is 25.2 Å². The summed E-state index contributed by atoms with van der Waals surface area (Å²) in [5.41, 5.74) is 4.67. The second kappa shape index (κ2) is 32.8. The Balaban J connectivity index is 0.570. The molecule has 0 unspecified atom stereocenters. The van der Waals surface area contributed by atoms with Crippen molar-refractivity contribution in [3.05, 3.63) is 117 Å². The fourth-order valence-corrected chi connectivity index (χ4v) is 14.0. The molecule has 82 heavy (non-hydrogen) atoms. The number of fused-ring (bicyclic) bond motifs is 2. The van der Waals surface area contributed by atoms with E-state index < -0.39 is 19.9 Å². The third kappa shape index (κ3) is 19.6. The molecule has 2 heterocycles. The van der Waals surface area contributed by atoms with E-state index in [1.165, 1.54) is 49.7 Å². The van der Waals surface area contributed by atoms with Crippen molar-refractivity contribution in [3.63, 3.8) is 0 Å². The van der Waals surface area contributed by atoms with Gasteiger partial charge in [-0.1, -0.05) is 54.6 Å². The van der Waals surface area contributed by atoms with Gasteiger partial charge in [0.1, 0.15) is 29.5 Å². The summed E-state index contributed by atoms with van der Waals surface area (Å²) in [5.74, 6) is 1.36. The first-order chi connectivity index (χ1) is 39.8. The number of ketones is 1. The maximum absolute atomic E-state index is 13.1. The number of urea groups is 1. The lowest BCUT2D eigenvalue weighted by Crippen LogP contribution is -2.43. The number of halogens is 2. The molecule has 21 heteroatoms. The summed E-state index contributed by atoms with van der Waals surface area (Å²) in [4.78, 5) is 30.0. The number of carbonyl (C=O) groups is 2. The number of sulfone groups is 1. The number of nitrogens with zero attached hydrogens (tertiary/aromatic N) is 2. The van der Waals surface area contributed by atoms with Crippen LogP contribution in [0.5, 0.6) is 11.5 Å². The number of likely N-dealkylation sites (tertiary alicyclic amines) is 2. The van der Waals surface area contributed by atoms with Crippen LogP contribution in [0.4, 0.5) is 4.79 Å². The molecule has 0 spiro atoms. The number of piperidine rings is 2. The van der Waals surface area contributed by atoms with E-state index in [0.29, 0.717) is 100.0 Å². The van der Waals surface area contributed by atoms with E-state index >= 15 is 0 Å². The molecule has 2 amide bonds. The normalized spacial score (nSPS) is 19.4. The Kier molecular flexibility index (Phi) is 25.4. The molecule has 0 radical (unpaired) electrons. The number of hydrogen-bond donors (Lipinski definition) is 3. The molecule has 450 valence electrons. The van der Waals surface area contributed by atoms with Gasteiger partial charge >= 0.3 is 6.03 Å². The van der Waals surface area contributed by atoms with Crippen molar-refractivity contribution in [1.29, 1.82) is 0 Å². The Bertz CT molecular complexity index is 2660. The number of nitrogens with one attached hydrogen (secondary N) is 3. The Morgan fingerprint density at radius 3 is 1.52 bits per heavy atom. The summed E-state index contributed by atoms with van der Waals surface area (Å²) in [6.07, 6.45) is 12.8. The second-order valence-electron chi connectivity index (χ2n) is 21.6. The number of ether oxygens (including phenoxy) is 6. The molecular weight excluding hydrogens is 1130 g/mol. The lowest BCUT2D eigenvalue weighted by molar-refractivity contribution is -0.119. The molecule has 0 saturated carbocycles. The summed E-state index contributed by atoms with van der Waals surface area (Å²) in [6, 6.07) is 25.4. The Morgan fingerprint density at radius 2 is 0.976 bits per heavy atom. The molecule has 2 aliphatic heterocycles. The Labute approximate surface area is 495 Å². The van der Waals surface area contributed by atoms with Gasteiger partial charge in [-0.05, 0) is 185 Å². The van der Waals surface area contributed by atoms with Crippen molar-refractivity contribution in [2.45, 2.75) is 130 Å². The third-order valence-corrected chi connectivity index (χ3v) is 19.4. The average molecular weight is 1210 g/mol. The topological polar surface area (TPSA) is 200 Å². The van der Waals surface area contributed by atoms with E-state index in [-0.39, 0.29) is 71.4 Å². The maximum atomic E-state index is 13.1. The van der Waals surface area contributed by atoms with Gasteiger partial charge < -0.3 is 39.1 Å². The van der Waals surface area contributed by atoms with Gasteiger partial charge in [-0.15, -0.1) is 0 Å². The van der Waals surface area contributed by atoms with Crippen LogP contribution in [0, 0.1) is 0 Å². The van der Waals surface area contributed by atoms with Crippen molar-refractivity contribution in [2.24, 2.45) is 0 Å². The SMILES string of the molecule is O=C(CCCCCNC(=O)NCCOCCOCCCS(=O)(=O)c1ccc(O[C@H]2c3cc(Cl)ccc3C[C@@H]2N2CCCCC2)cc1)CCCOCCOCCNS(=O)(=O)c1ccc(O[C@H]2c3cc(Cl)ccc3C[C@@H]2N2CCCCC2)cc1. The van der Waals surface area contributed by atoms with Crippen LogP contribution in [-0.2, 0) is 56.4 Å². The van der Waals surface area contributed by atoms with Crippen molar-refractivity contribution >= 4 is 54.9 Å². The van der Waals surface area contributed by atoms with Crippen LogP contribution in [0.2, 0.25) is 10.0 Å². The van der Waals surface area contributed by atoms with Gasteiger partial charge in [0.25, 0.3) is 0 Å². The molecule has 4 atom stereocenters. The fourth-order valence-electron chi connectivity index (χ4n) is 11.3. The first kappa shape index (κ1) is 63.6. The number of amides is 2. The summed E-state index contributed by atoms with van der Waals surface area (Å²) < 4.78 is 90.3. The van der Waals surface area contributed by atoms with Gasteiger partial charge in [-0.2, -0.15) is 0 Å². The quantitative estimate of drug-likeness (QED) is 0.0368. The van der Waals surface area contributed by atoms with Crippen molar-refractivity contribution < 1.29 is 54.8 Å². The van der Waals surface area contributed by atoms with Crippen LogP contribution in [-0.4, -0.2) is 155 Å². The number of benzene rings is 4. The smallest absolute Gasteiger partial charge is 0.314 e. The maximum Gasteiger partial charge on any atom is 0.314 e. The van der Waals surface area contributed by atoms with Crippen LogP contribution >= 0.6 is 23.2 Å². The monoisotopic (exact) mass is 1210 g/mol. The molecule has 2 fully saturated rings. The van der Waals surface area contributed by atoms with E-state index in [0.717, 1.165) is 69.4 Å². The molecule has 4 aromatic rings. The highest BCUT2D eigenvalue weighted by Gasteiger charge is 2.40. The summed E-state index contributed by atoms with van der Waals surface area (Å²) in [6.45, 7) is 7.54. The van der Waals surface area contributed by atoms with Crippen LogP contribution in [0.15, 0.2) is 94.7 Å². The number of hydrogen-bond acceptors (Lipinski definition) is 14. The molecule has 2 saturated heterocycles. The zero-order valence-electron chi connectivity index (χ0n) is 47.2. The Hall–Kier alpha value is -4.38. The minimum atomic E-state index is -3.75. The molecule has 3 N–H and O–H groups in total. The predicted molar refractivity (Wildman–Crippen MR) is 318 cm³/mol. The van der Waals surface area contributed by atoms with Gasteiger partial charge in [0.05, 0.1) is 67.3 Å². The highest BCUT2D eigenvalue weighted by Crippen LogP contribution is 2.42. The van der Waals surface area contributed by atoms with E-state index in [1.54, 1.807) is 48.5 Å². The second-order valence-corrected chi connectivity index (χ2v) is 26.3. The minimum Gasteiger partial charge on any atom is -0.484 e. The zero-order chi connectivity index (χ0) is 57.6. The molecule has 0 bridgehead atoms. The van der Waals surface area contributed by atoms with E-state index in [4.69, 9.17) is 51.6 Å². The van der Waals surface area contributed by atoms with E-state index in [2.05, 4.69) is 37.3 Å². The van der Waals surface area contributed by atoms with E-state index in [9.17, 15) is 26.4 Å². The lowest BCUT2D eigenvalue weighted by atomic mass is 10.0. The molecular formula is C61H83Cl2N5O12S2. The van der Waals surface area contributed by atoms with Crippen molar-refractivity contribution in [3.8, 4) is 11.5 Å². The van der Waals surface area contributed by atoms with Crippen LogP contribution in [0.3, 0.4) is 0 Å². The van der Waals surface area contributed by atoms with Gasteiger partial charge in [-0.25, -0.2) is 26.4 Å². The molecule has 17 nitrogen and oxygen atoms in total. The molecule has 8 rings (SSSR count). The predicted octanol–water partition coefficient (Wildman–Crippen LogP) is 9.47. The zero-order valence-corrected chi connectivity index (χ0v) is 50.3. The minimum absolute atomic E-state index is 0.0446. The molecule has 0 aromatic heterocycles. The molecule has 4 aromatic carbocycles. The van der Waals surface area contributed by atoms with Gasteiger partial charge in [0, 0.05) is 55.7 Å². The highest BCUT2D eigenvalue weighted by molar-refractivity contribution is 7.91. The lowest BCUT2D eigenvalue weighted by Gasteiger charge is -2.35. The van der Waals surface area contributed by atoms with Crippen LogP contribution in [0.1, 0.15) is 118 Å². The number of unbranched alkanes of at least 4 members (excludes halogenated alkanes) is 2. The van der Waals surface area contributed by atoms with Crippen molar-refractivity contribution in [2.75, 3.05) is 104 Å². The number of carbonyl (C=O) groups excluding carboxylic acids is 2. The van der Waals surface area contributed by atoms with Gasteiger partial charge in [-0.3, -0.25) is 14.6 Å². The summed E-state index contributed by atoms with van der Waals surface area (Å²) in [5, 5.41) is 6.93. The fraction of sp³-hybridized carbons (Fsp3) is 0.574. The average Bonchev–Trinajstić information content (AvgIpc) is 4.25. The first-order valence-electron chi connectivity index (χ1n) is 29.5. The van der Waals surface area contributed by atoms with Gasteiger partial charge in [0.15, 0.2) is 9.84 Å². The van der Waals surface area contributed by atoms with Crippen LogP contribution in [0.25, 0.3) is 0 Å². The number of rotatable bonds is 35. The van der Waals surface area contributed by atoms with Gasteiger partial charge in [0.2, 0.25) is 10.0 Å². The van der Waals surface area contributed by atoms with Crippen LogP contribution < -0.4 is 24.8 Å². The largest absolute Gasteiger partial charge is 0.484 e. The highest BCUT2D eigenvalue weighted by atomic mass is 35.5. The number of sulfonamides is 1. The standard InChI is InChI=1S/C61H83Cl2N5O12S2/c62-48-16-14-46-42-57(67-29-6-2-7-30-67)59(55(46)44-48)79-51-18-22-53(23-19-51)81(71,72)41-11-34-76-38-39-77-35-27-65-61(70)64-26-5-1-4-12-50(69)13-10-33-75-37-40-78-36-28-66-82(73,74)54-24-20-52(21-25-54)80-60-56-45-49(63)17-15-47(56)43-58(60)68-31-8-3-9-32-68/h14-25,44-45,57-60,66H,1-13,26-43H2,(H2,64,65,70)/t57-,58-,59-,60-/m0/s1.